The highest BCUT2D eigenvalue weighted by molar-refractivity contribution is 6.30. The van der Waals surface area contributed by atoms with Crippen molar-refractivity contribution in [1.29, 1.82) is 0 Å². The number of carbonyl (C=O) groups excluding carboxylic acids is 1. The van der Waals surface area contributed by atoms with Crippen LogP contribution in [-0.2, 0) is 16.1 Å². The number of morpholine rings is 1. The second-order valence-electron chi connectivity index (χ2n) is 5.60. The summed E-state index contributed by atoms with van der Waals surface area (Å²) >= 11 is 5.89. The fraction of sp³-hybridized carbons (Fsp3) is 0.533. The Bertz CT molecular complexity index is 483. The number of nitrogens with zero attached hydrogens (tertiary/aromatic N) is 1. The van der Waals surface area contributed by atoms with E-state index in [4.69, 9.17) is 16.3 Å². The molecule has 2 saturated heterocycles. The SMILES string of the molecule is O=C1COC2(CCNCC2)CN1Cc1ccc(Cl)cc1. The third-order valence-corrected chi connectivity index (χ3v) is 4.39. The van der Waals surface area contributed by atoms with E-state index in [2.05, 4.69) is 5.32 Å². The number of hydrogen-bond donors (Lipinski definition) is 1. The van der Waals surface area contributed by atoms with Gasteiger partial charge < -0.3 is 15.0 Å². The van der Waals surface area contributed by atoms with E-state index in [9.17, 15) is 4.79 Å². The van der Waals surface area contributed by atoms with Crippen LogP contribution in [0.25, 0.3) is 0 Å². The van der Waals surface area contributed by atoms with Gasteiger partial charge in [-0.1, -0.05) is 23.7 Å². The Balaban J connectivity index is 1.70. The molecular formula is C15H19ClN2O2. The molecule has 5 heteroatoms. The Morgan fingerprint density at radius 1 is 1.25 bits per heavy atom. The lowest BCUT2D eigenvalue weighted by Crippen LogP contribution is -2.57. The highest BCUT2D eigenvalue weighted by Gasteiger charge is 2.40. The van der Waals surface area contributed by atoms with E-state index >= 15 is 0 Å². The molecule has 0 aliphatic carbocycles. The Morgan fingerprint density at radius 3 is 2.65 bits per heavy atom. The second-order valence-corrected chi connectivity index (χ2v) is 6.03. The zero-order valence-electron chi connectivity index (χ0n) is 11.4. The average Bonchev–Trinajstić information content (AvgIpc) is 2.47. The quantitative estimate of drug-likeness (QED) is 0.905. The molecule has 108 valence electrons. The van der Waals surface area contributed by atoms with Crippen LogP contribution in [0.15, 0.2) is 24.3 Å². The normalized spacial score (nSPS) is 22.2. The van der Waals surface area contributed by atoms with Crippen LogP contribution in [0, 0.1) is 0 Å². The van der Waals surface area contributed by atoms with Gasteiger partial charge >= 0.3 is 0 Å². The molecule has 1 spiro atoms. The van der Waals surface area contributed by atoms with Crippen molar-refractivity contribution in [2.24, 2.45) is 0 Å². The molecule has 1 aromatic carbocycles. The van der Waals surface area contributed by atoms with Gasteiger partial charge in [-0.05, 0) is 43.6 Å². The van der Waals surface area contributed by atoms with Crippen molar-refractivity contribution in [2.45, 2.75) is 25.0 Å². The Labute approximate surface area is 124 Å². The molecule has 1 aromatic rings. The van der Waals surface area contributed by atoms with Crippen molar-refractivity contribution in [2.75, 3.05) is 26.2 Å². The van der Waals surface area contributed by atoms with Gasteiger partial charge in [0.05, 0.1) is 12.1 Å². The summed E-state index contributed by atoms with van der Waals surface area (Å²) in [4.78, 5) is 14.0. The second kappa shape index (κ2) is 5.72. The third kappa shape index (κ3) is 2.97. The first-order chi connectivity index (χ1) is 9.67. The number of carbonyl (C=O) groups is 1. The van der Waals surface area contributed by atoms with Crippen LogP contribution in [0.2, 0.25) is 5.02 Å². The van der Waals surface area contributed by atoms with Crippen molar-refractivity contribution in [3.05, 3.63) is 34.9 Å². The first-order valence-electron chi connectivity index (χ1n) is 7.04. The minimum Gasteiger partial charge on any atom is -0.363 e. The van der Waals surface area contributed by atoms with Gasteiger partial charge in [0.25, 0.3) is 0 Å². The first-order valence-corrected chi connectivity index (χ1v) is 7.42. The number of nitrogens with one attached hydrogen (secondary N) is 1. The van der Waals surface area contributed by atoms with Crippen LogP contribution in [0.5, 0.6) is 0 Å². The summed E-state index contributed by atoms with van der Waals surface area (Å²) in [6, 6.07) is 7.67. The van der Waals surface area contributed by atoms with Crippen LogP contribution in [0.1, 0.15) is 18.4 Å². The lowest BCUT2D eigenvalue weighted by Gasteiger charge is -2.44. The van der Waals surface area contributed by atoms with E-state index in [1.807, 2.05) is 29.2 Å². The lowest BCUT2D eigenvalue weighted by molar-refractivity contribution is -0.168. The van der Waals surface area contributed by atoms with Crippen LogP contribution in [0.4, 0.5) is 0 Å². The summed E-state index contributed by atoms with van der Waals surface area (Å²) in [7, 11) is 0. The van der Waals surface area contributed by atoms with Gasteiger partial charge in [-0.15, -0.1) is 0 Å². The number of ether oxygens (including phenoxy) is 1. The summed E-state index contributed by atoms with van der Waals surface area (Å²) in [5.74, 6) is 0.0732. The highest BCUT2D eigenvalue weighted by atomic mass is 35.5. The van der Waals surface area contributed by atoms with Gasteiger partial charge in [0.15, 0.2) is 0 Å². The van der Waals surface area contributed by atoms with E-state index in [-0.39, 0.29) is 18.1 Å². The average molecular weight is 295 g/mol. The molecule has 2 aliphatic heterocycles. The van der Waals surface area contributed by atoms with Crippen molar-refractivity contribution in [3.8, 4) is 0 Å². The molecule has 0 radical (unpaired) electrons. The van der Waals surface area contributed by atoms with Crippen LogP contribution >= 0.6 is 11.6 Å². The van der Waals surface area contributed by atoms with E-state index in [1.165, 1.54) is 0 Å². The van der Waals surface area contributed by atoms with E-state index in [0.717, 1.165) is 36.5 Å². The molecule has 0 bridgehead atoms. The maximum atomic E-state index is 12.1. The summed E-state index contributed by atoms with van der Waals surface area (Å²) in [6.45, 7) is 3.45. The number of benzene rings is 1. The van der Waals surface area contributed by atoms with Crippen molar-refractivity contribution in [1.82, 2.24) is 10.2 Å². The number of piperidine rings is 1. The fourth-order valence-electron chi connectivity index (χ4n) is 2.93. The minimum atomic E-state index is -0.147. The van der Waals surface area contributed by atoms with E-state index in [1.54, 1.807) is 0 Å². The van der Waals surface area contributed by atoms with Gasteiger partial charge in [0, 0.05) is 11.6 Å². The summed E-state index contributed by atoms with van der Waals surface area (Å²) in [5, 5.41) is 4.06. The van der Waals surface area contributed by atoms with Crippen LogP contribution in [-0.4, -0.2) is 42.6 Å². The zero-order chi connectivity index (χ0) is 14.0. The van der Waals surface area contributed by atoms with Gasteiger partial charge in [-0.25, -0.2) is 0 Å². The lowest BCUT2D eigenvalue weighted by atomic mass is 9.90. The largest absolute Gasteiger partial charge is 0.363 e. The van der Waals surface area contributed by atoms with Gasteiger partial charge in [0.1, 0.15) is 6.61 Å². The first kappa shape index (κ1) is 13.9. The van der Waals surface area contributed by atoms with Gasteiger partial charge in [0.2, 0.25) is 5.91 Å². The molecule has 3 rings (SSSR count). The topological polar surface area (TPSA) is 41.6 Å². The highest BCUT2D eigenvalue weighted by Crippen LogP contribution is 2.28. The Hall–Kier alpha value is -1.10. The molecule has 2 fully saturated rings. The van der Waals surface area contributed by atoms with Crippen molar-refractivity contribution >= 4 is 17.5 Å². The number of hydrogen-bond acceptors (Lipinski definition) is 3. The van der Waals surface area contributed by atoms with Crippen molar-refractivity contribution in [3.63, 3.8) is 0 Å². The molecule has 1 N–H and O–H groups in total. The molecule has 0 aromatic heterocycles. The molecule has 0 atom stereocenters. The molecule has 2 heterocycles. The smallest absolute Gasteiger partial charge is 0.248 e. The minimum absolute atomic E-state index is 0.0732. The number of rotatable bonds is 2. The van der Waals surface area contributed by atoms with Gasteiger partial charge in [-0.2, -0.15) is 0 Å². The van der Waals surface area contributed by atoms with Crippen molar-refractivity contribution < 1.29 is 9.53 Å². The van der Waals surface area contributed by atoms with Crippen LogP contribution < -0.4 is 5.32 Å². The van der Waals surface area contributed by atoms with E-state index < -0.39 is 0 Å². The fourth-order valence-corrected chi connectivity index (χ4v) is 3.05. The maximum absolute atomic E-state index is 12.1. The van der Waals surface area contributed by atoms with Crippen LogP contribution in [0.3, 0.4) is 0 Å². The van der Waals surface area contributed by atoms with E-state index in [0.29, 0.717) is 13.1 Å². The molecular weight excluding hydrogens is 276 g/mol. The maximum Gasteiger partial charge on any atom is 0.248 e. The third-order valence-electron chi connectivity index (χ3n) is 4.14. The summed E-state index contributed by atoms with van der Waals surface area (Å²) in [6.07, 6.45) is 1.94. The molecule has 0 saturated carbocycles. The Kier molecular flexibility index (Phi) is 3.96. The standard InChI is InChI=1S/C15H19ClN2O2/c16-13-3-1-12(2-4-13)9-18-11-15(20-10-14(18)19)5-7-17-8-6-15/h1-4,17H,5-11H2. The summed E-state index contributed by atoms with van der Waals surface area (Å²) in [5.41, 5.74) is 0.958. The molecule has 4 nitrogen and oxygen atoms in total. The zero-order valence-corrected chi connectivity index (χ0v) is 12.2. The molecule has 1 amide bonds. The number of amides is 1. The molecule has 2 aliphatic rings. The molecule has 20 heavy (non-hydrogen) atoms. The monoisotopic (exact) mass is 294 g/mol. The summed E-state index contributed by atoms with van der Waals surface area (Å²) < 4.78 is 5.85. The number of halogens is 1. The van der Waals surface area contributed by atoms with Gasteiger partial charge in [-0.3, -0.25) is 4.79 Å². The Morgan fingerprint density at radius 2 is 1.95 bits per heavy atom. The molecule has 0 unspecified atom stereocenters. The predicted octanol–water partition coefficient (Wildman–Crippen LogP) is 1.82. The predicted molar refractivity (Wildman–Crippen MR) is 77.7 cm³/mol.